The summed E-state index contributed by atoms with van der Waals surface area (Å²) in [6, 6.07) is 9.45. The van der Waals surface area contributed by atoms with Crippen LogP contribution in [0.2, 0.25) is 5.02 Å². The molecular formula is C20H25ClN2O3S. The van der Waals surface area contributed by atoms with E-state index < -0.39 is 10.0 Å². The molecule has 1 amide bonds. The van der Waals surface area contributed by atoms with Crippen LogP contribution in [0.4, 0.5) is 5.69 Å². The van der Waals surface area contributed by atoms with Crippen LogP contribution in [0.25, 0.3) is 0 Å². The van der Waals surface area contributed by atoms with E-state index >= 15 is 0 Å². The lowest BCUT2D eigenvalue weighted by Gasteiger charge is -2.12. The molecule has 0 atom stereocenters. The van der Waals surface area contributed by atoms with Crippen molar-refractivity contribution >= 4 is 33.2 Å². The number of benzene rings is 2. The van der Waals surface area contributed by atoms with Crippen LogP contribution in [0.1, 0.15) is 47.7 Å². The van der Waals surface area contributed by atoms with Crippen molar-refractivity contribution in [3.8, 4) is 0 Å². The molecule has 0 bridgehead atoms. The maximum absolute atomic E-state index is 12.7. The first-order valence-corrected chi connectivity index (χ1v) is 10.8. The van der Waals surface area contributed by atoms with E-state index in [4.69, 9.17) is 11.6 Å². The number of hydrogen-bond acceptors (Lipinski definition) is 3. The lowest BCUT2D eigenvalue weighted by Crippen LogP contribution is -2.25. The van der Waals surface area contributed by atoms with Gasteiger partial charge < -0.3 is 5.32 Å². The summed E-state index contributed by atoms with van der Waals surface area (Å²) < 4.78 is 27.9. The largest absolute Gasteiger partial charge is 0.352 e. The first-order valence-electron chi connectivity index (χ1n) is 8.92. The number of hydrogen-bond donors (Lipinski definition) is 2. The fourth-order valence-electron chi connectivity index (χ4n) is 2.54. The summed E-state index contributed by atoms with van der Waals surface area (Å²) in [5.74, 6) is -0.376. The number of anilines is 1. The zero-order valence-electron chi connectivity index (χ0n) is 15.8. The molecule has 0 fully saturated rings. The van der Waals surface area contributed by atoms with Crippen molar-refractivity contribution in [2.75, 3.05) is 11.3 Å². The van der Waals surface area contributed by atoms with Gasteiger partial charge in [0.05, 0.1) is 15.5 Å². The van der Waals surface area contributed by atoms with Gasteiger partial charge in [-0.05, 0) is 61.7 Å². The monoisotopic (exact) mass is 408 g/mol. The summed E-state index contributed by atoms with van der Waals surface area (Å²) in [7, 11) is -3.83. The van der Waals surface area contributed by atoms with Crippen molar-refractivity contribution in [1.82, 2.24) is 5.32 Å². The van der Waals surface area contributed by atoms with Crippen molar-refractivity contribution in [1.29, 1.82) is 0 Å². The first kappa shape index (κ1) is 21.3. The van der Waals surface area contributed by atoms with Gasteiger partial charge in [-0.3, -0.25) is 9.52 Å². The number of carbonyl (C=O) groups excluding carboxylic acids is 1. The average molecular weight is 409 g/mol. The summed E-state index contributed by atoms with van der Waals surface area (Å²) >= 11 is 6.10. The number of amides is 1. The van der Waals surface area contributed by atoms with E-state index in [2.05, 4.69) is 17.0 Å². The molecule has 2 aromatic carbocycles. The lowest BCUT2D eigenvalue weighted by atomic mass is 10.1. The van der Waals surface area contributed by atoms with E-state index in [-0.39, 0.29) is 21.4 Å². The third-order valence-electron chi connectivity index (χ3n) is 4.32. The van der Waals surface area contributed by atoms with Gasteiger partial charge in [-0.15, -0.1) is 0 Å². The fourth-order valence-corrected chi connectivity index (χ4v) is 3.82. The van der Waals surface area contributed by atoms with Crippen LogP contribution < -0.4 is 10.0 Å². The zero-order chi connectivity index (χ0) is 20.0. The van der Waals surface area contributed by atoms with E-state index in [9.17, 15) is 13.2 Å². The van der Waals surface area contributed by atoms with Gasteiger partial charge in [0.25, 0.3) is 15.9 Å². The molecule has 0 radical (unpaired) electrons. The normalized spacial score (nSPS) is 11.3. The minimum Gasteiger partial charge on any atom is -0.352 e. The molecule has 0 aromatic heterocycles. The Hall–Kier alpha value is -2.05. The van der Waals surface area contributed by atoms with E-state index in [0.29, 0.717) is 12.2 Å². The van der Waals surface area contributed by atoms with Gasteiger partial charge in [-0.25, -0.2) is 8.42 Å². The Morgan fingerprint density at radius 3 is 2.44 bits per heavy atom. The lowest BCUT2D eigenvalue weighted by molar-refractivity contribution is 0.0953. The topological polar surface area (TPSA) is 75.3 Å². The number of sulfonamides is 1. The quantitative estimate of drug-likeness (QED) is 0.623. The van der Waals surface area contributed by atoms with Crippen molar-refractivity contribution in [3.05, 3.63) is 58.1 Å². The molecule has 0 aliphatic carbocycles. The molecule has 0 spiro atoms. The highest BCUT2D eigenvalue weighted by Gasteiger charge is 2.19. The maximum atomic E-state index is 12.7. The van der Waals surface area contributed by atoms with Gasteiger partial charge in [-0.2, -0.15) is 0 Å². The first-order chi connectivity index (χ1) is 12.7. The number of halogens is 1. The standard InChI is InChI=1S/C20H25ClN2O3S/c1-4-5-6-11-22-20(24)18-13-17(9-10-19(18)21)27(25,26)23-16-8-7-14(2)15(3)12-16/h7-10,12-13,23H,4-6,11H2,1-3H3,(H,22,24). The Bertz CT molecular complexity index is 927. The van der Waals surface area contributed by atoms with Crippen molar-refractivity contribution < 1.29 is 13.2 Å². The Morgan fingerprint density at radius 2 is 1.78 bits per heavy atom. The Balaban J connectivity index is 2.21. The van der Waals surface area contributed by atoms with Crippen molar-refractivity contribution in [2.45, 2.75) is 44.9 Å². The number of unbranched alkanes of at least 4 members (excludes halogenated alkanes) is 2. The van der Waals surface area contributed by atoms with Crippen LogP contribution in [-0.4, -0.2) is 20.9 Å². The summed E-state index contributed by atoms with van der Waals surface area (Å²) in [5.41, 5.74) is 2.68. The highest BCUT2D eigenvalue weighted by molar-refractivity contribution is 7.92. The molecule has 0 saturated heterocycles. The van der Waals surface area contributed by atoms with Gasteiger partial charge in [-0.1, -0.05) is 37.4 Å². The second-order valence-corrected chi connectivity index (χ2v) is 8.60. The van der Waals surface area contributed by atoms with Gasteiger partial charge in [0.2, 0.25) is 0 Å². The minimum absolute atomic E-state index is 0.0103. The van der Waals surface area contributed by atoms with Crippen LogP contribution in [0.15, 0.2) is 41.3 Å². The molecule has 27 heavy (non-hydrogen) atoms. The molecule has 7 heteroatoms. The molecule has 146 valence electrons. The molecule has 2 aromatic rings. The maximum Gasteiger partial charge on any atom is 0.261 e. The third kappa shape index (κ3) is 5.71. The second-order valence-electron chi connectivity index (χ2n) is 6.51. The highest BCUT2D eigenvalue weighted by Crippen LogP contribution is 2.23. The van der Waals surface area contributed by atoms with Crippen molar-refractivity contribution in [2.24, 2.45) is 0 Å². The second kappa shape index (κ2) is 9.24. The minimum atomic E-state index is -3.83. The van der Waals surface area contributed by atoms with Crippen LogP contribution in [0, 0.1) is 13.8 Å². The Labute approximate surface area is 166 Å². The Morgan fingerprint density at radius 1 is 1.04 bits per heavy atom. The van der Waals surface area contributed by atoms with Gasteiger partial charge in [0, 0.05) is 12.2 Å². The number of nitrogens with one attached hydrogen (secondary N) is 2. The van der Waals surface area contributed by atoms with Crippen LogP contribution in [0.3, 0.4) is 0 Å². The van der Waals surface area contributed by atoms with Gasteiger partial charge >= 0.3 is 0 Å². The van der Waals surface area contributed by atoms with Crippen LogP contribution in [-0.2, 0) is 10.0 Å². The number of aryl methyl sites for hydroxylation is 2. The van der Waals surface area contributed by atoms with E-state index in [0.717, 1.165) is 30.4 Å². The van der Waals surface area contributed by atoms with E-state index in [1.165, 1.54) is 18.2 Å². The third-order valence-corrected chi connectivity index (χ3v) is 6.03. The molecule has 2 N–H and O–H groups in total. The SMILES string of the molecule is CCCCCNC(=O)c1cc(S(=O)(=O)Nc2ccc(C)c(C)c2)ccc1Cl. The molecule has 0 unspecified atom stereocenters. The smallest absolute Gasteiger partial charge is 0.261 e. The van der Waals surface area contributed by atoms with Gasteiger partial charge in [0.15, 0.2) is 0 Å². The molecule has 0 saturated carbocycles. The average Bonchev–Trinajstić information content (AvgIpc) is 2.61. The highest BCUT2D eigenvalue weighted by atomic mass is 35.5. The molecule has 0 aliphatic heterocycles. The van der Waals surface area contributed by atoms with E-state index in [1.54, 1.807) is 12.1 Å². The molecular weight excluding hydrogens is 384 g/mol. The van der Waals surface area contributed by atoms with Crippen molar-refractivity contribution in [3.63, 3.8) is 0 Å². The fraction of sp³-hybridized carbons (Fsp3) is 0.350. The summed E-state index contributed by atoms with van der Waals surface area (Å²) in [4.78, 5) is 12.3. The predicted molar refractivity (Wildman–Crippen MR) is 110 cm³/mol. The van der Waals surface area contributed by atoms with Crippen LogP contribution in [0.5, 0.6) is 0 Å². The van der Waals surface area contributed by atoms with Gasteiger partial charge in [0.1, 0.15) is 0 Å². The van der Waals surface area contributed by atoms with E-state index in [1.807, 2.05) is 19.9 Å². The number of carbonyl (C=O) groups is 1. The molecule has 5 nitrogen and oxygen atoms in total. The predicted octanol–water partition coefficient (Wildman–Crippen LogP) is 4.68. The Kier molecular flexibility index (Phi) is 7.27. The number of rotatable bonds is 8. The summed E-state index contributed by atoms with van der Waals surface area (Å²) in [6.07, 6.45) is 2.93. The molecule has 2 rings (SSSR count). The molecule has 0 heterocycles. The van der Waals surface area contributed by atoms with Crippen LogP contribution >= 0.6 is 11.6 Å². The molecule has 0 aliphatic rings. The zero-order valence-corrected chi connectivity index (χ0v) is 17.4. The summed E-state index contributed by atoms with van der Waals surface area (Å²) in [6.45, 7) is 6.48. The summed E-state index contributed by atoms with van der Waals surface area (Å²) in [5, 5.41) is 2.99.